The first-order chi connectivity index (χ1) is 16.7. The average molecular weight is 470 g/mol. The number of aromatic nitrogens is 3. The first-order valence-electron chi connectivity index (χ1n) is 11.1. The molecule has 0 saturated heterocycles. The van der Waals surface area contributed by atoms with Crippen LogP contribution in [0.1, 0.15) is 36.7 Å². The molecule has 0 aliphatic rings. The molecule has 3 aromatic carbocycles. The van der Waals surface area contributed by atoms with Gasteiger partial charge in [0.15, 0.2) is 17.5 Å². The molecule has 7 heteroatoms. The van der Waals surface area contributed by atoms with Crippen LogP contribution in [0.15, 0.2) is 66.7 Å². The van der Waals surface area contributed by atoms with Gasteiger partial charge in [-0.05, 0) is 35.2 Å². The van der Waals surface area contributed by atoms with Crippen molar-refractivity contribution in [3.63, 3.8) is 0 Å². The highest BCUT2D eigenvalue weighted by Crippen LogP contribution is 2.33. The highest BCUT2D eigenvalue weighted by atomic mass is 16.5. The molecule has 0 unspecified atom stereocenters. The van der Waals surface area contributed by atoms with E-state index < -0.39 is 5.97 Å². The van der Waals surface area contributed by atoms with E-state index in [1.54, 1.807) is 36.4 Å². The van der Waals surface area contributed by atoms with E-state index in [1.165, 1.54) is 25.8 Å². The molecule has 1 heterocycles. The van der Waals surface area contributed by atoms with Crippen molar-refractivity contribution in [2.24, 2.45) is 0 Å². The summed E-state index contributed by atoms with van der Waals surface area (Å²) in [4.78, 5) is 25.8. The molecule has 4 rings (SSSR count). The van der Waals surface area contributed by atoms with Gasteiger partial charge in [0.05, 0.1) is 25.3 Å². The van der Waals surface area contributed by atoms with Crippen molar-refractivity contribution in [3.05, 3.63) is 77.9 Å². The molecule has 0 fully saturated rings. The van der Waals surface area contributed by atoms with E-state index in [9.17, 15) is 9.90 Å². The molecule has 0 aliphatic heterocycles. The predicted octanol–water partition coefficient (Wildman–Crippen LogP) is 5.67. The Morgan fingerprint density at radius 3 is 1.80 bits per heavy atom. The van der Waals surface area contributed by atoms with Crippen LogP contribution < -0.4 is 4.74 Å². The fourth-order valence-corrected chi connectivity index (χ4v) is 3.57. The summed E-state index contributed by atoms with van der Waals surface area (Å²) in [5.74, 6) is 1.31. The van der Waals surface area contributed by atoms with Crippen molar-refractivity contribution in [1.29, 1.82) is 0 Å². The quantitative estimate of drug-likeness (QED) is 0.376. The van der Waals surface area contributed by atoms with Crippen molar-refractivity contribution >= 4 is 5.97 Å². The van der Waals surface area contributed by atoms with E-state index >= 15 is 0 Å². The standard InChI is InChI=1S/C28H27N3O4/c1-28(2,3)20-12-10-18(11-13-20)25-29-24(17-6-8-19(9-7-17)27(33)35-5)30-26(31-25)22-15-14-21(34-4)16-23(22)32/h6-16,32H,1-5H3. The lowest BCUT2D eigenvalue weighted by molar-refractivity contribution is 0.0600. The van der Waals surface area contributed by atoms with Crippen LogP contribution in [0.5, 0.6) is 11.5 Å². The molecule has 0 spiro atoms. The van der Waals surface area contributed by atoms with Gasteiger partial charge in [0.25, 0.3) is 0 Å². The molecule has 1 aromatic heterocycles. The number of ether oxygens (including phenoxy) is 2. The normalized spacial score (nSPS) is 11.2. The van der Waals surface area contributed by atoms with Crippen LogP contribution in [0.4, 0.5) is 0 Å². The van der Waals surface area contributed by atoms with Crippen LogP contribution in [-0.2, 0) is 10.2 Å². The maximum absolute atomic E-state index is 11.8. The number of hydrogen-bond acceptors (Lipinski definition) is 7. The zero-order chi connectivity index (χ0) is 25.2. The van der Waals surface area contributed by atoms with Gasteiger partial charge in [-0.25, -0.2) is 19.7 Å². The fourth-order valence-electron chi connectivity index (χ4n) is 3.57. The molecule has 35 heavy (non-hydrogen) atoms. The van der Waals surface area contributed by atoms with Crippen LogP contribution >= 0.6 is 0 Å². The Hall–Kier alpha value is -4.26. The largest absolute Gasteiger partial charge is 0.507 e. The van der Waals surface area contributed by atoms with Crippen LogP contribution in [0, 0.1) is 0 Å². The third-order valence-corrected chi connectivity index (χ3v) is 5.65. The van der Waals surface area contributed by atoms with Crippen molar-refractivity contribution in [2.75, 3.05) is 14.2 Å². The van der Waals surface area contributed by atoms with Gasteiger partial charge in [-0.15, -0.1) is 0 Å². The average Bonchev–Trinajstić information content (AvgIpc) is 2.87. The highest BCUT2D eigenvalue weighted by molar-refractivity contribution is 5.89. The fraction of sp³-hybridized carbons (Fsp3) is 0.214. The number of aromatic hydroxyl groups is 1. The van der Waals surface area contributed by atoms with Gasteiger partial charge in [0.1, 0.15) is 11.5 Å². The molecule has 0 atom stereocenters. The van der Waals surface area contributed by atoms with Gasteiger partial charge in [-0.2, -0.15) is 0 Å². The topological polar surface area (TPSA) is 94.4 Å². The lowest BCUT2D eigenvalue weighted by Crippen LogP contribution is -2.10. The minimum atomic E-state index is -0.421. The number of carbonyl (C=O) groups is 1. The van der Waals surface area contributed by atoms with Crippen molar-refractivity contribution in [3.8, 4) is 45.7 Å². The number of hydrogen-bond donors (Lipinski definition) is 1. The highest BCUT2D eigenvalue weighted by Gasteiger charge is 2.17. The molecule has 0 amide bonds. The van der Waals surface area contributed by atoms with E-state index in [1.807, 2.05) is 12.1 Å². The summed E-state index contributed by atoms with van der Waals surface area (Å²) in [6, 6.07) is 19.9. The zero-order valence-corrected chi connectivity index (χ0v) is 20.4. The minimum absolute atomic E-state index is 0.00318. The number of benzene rings is 3. The molecule has 0 aliphatic carbocycles. The summed E-state index contributed by atoms with van der Waals surface area (Å²) in [5, 5.41) is 10.6. The van der Waals surface area contributed by atoms with E-state index in [2.05, 4.69) is 42.9 Å². The van der Waals surface area contributed by atoms with Crippen LogP contribution in [0.25, 0.3) is 34.2 Å². The van der Waals surface area contributed by atoms with Crippen LogP contribution in [0.2, 0.25) is 0 Å². The maximum Gasteiger partial charge on any atom is 0.337 e. The van der Waals surface area contributed by atoms with Gasteiger partial charge in [0.2, 0.25) is 0 Å². The van der Waals surface area contributed by atoms with Crippen LogP contribution in [-0.4, -0.2) is 40.2 Å². The Bertz CT molecular complexity index is 1360. The smallest absolute Gasteiger partial charge is 0.337 e. The molecule has 178 valence electrons. The first kappa shape index (κ1) is 23.9. The van der Waals surface area contributed by atoms with Gasteiger partial charge < -0.3 is 14.6 Å². The molecular weight excluding hydrogens is 442 g/mol. The van der Waals surface area contributed by atoms with E-state index in [-0.39, 0.29) is 11.2 Å². The number of phenols is 1. The number of nitrogens with zero attached hydrogens (tertiary/aromatic N) is 3. The number of methoxy groups -OCH3 is 2. The third-order valence-electron chi connectivity index (χ3n) is 5.65. The van der Waals surface area contributed by atoms with Gasteiger partial charge in [0, 0.05) is 17.2 Å². The number of rotatable bonds is 5. The number of esters is 1. The van der Waals surface area contributed by atoms with Gasteiger partial charge in [-0.3, -0.25) is 0 Å². The SMILES string of the molecule is COC(=O)c1ccc(-c2nc(-c3ccc(C(C)(C)C)cc3)nc(-c3ccc(OC)cc3O)n2)cc1. The molecule has 1 N–H and O–H groups in total. The van der Waals surface area contributed by atoms with Crippen LogP contribution in [0.3, 0.4) is 0 Å². The second kappa shape index (κ2) is 9.54. The molecule has 7 nitrogen and oxygen atoms in total. The molecule has 0 radical (unpaired) electrons. The minimum Gasteiger partial charge on any atom is -0.507 e. The Labute approximate surface area is 204 Å². The lowest BCUT2D eigenvalue weighted by Gasteiger charge is -2.19. The molecule has 0 bridgehead atoms. The summed E-state index contributed by atoms with van der Waals surface area (Å²) in [6.07, 6.45) is 0. The Balaban J connectivity index is 1.85. The first-order valence-corrected chi connectivity index (χ1v) is 11.1. The van der Waals surface area contributed by atoms with E-state index in [0.29, 0.717) is 39.9 Å². The maximum atomic E-state index is 11.8. The molecular formula is C28H27N3O4. The second-order valence-corrected chi connectivity index (χ2v) is 9.09. The van der Waals surface area contributed by atoms with E-state index in [0.717, 1.165) is 5.56 Å². The lowest BCUT2D eigenvalue weighted by atomic mass is 9.87. The summed E-state index contributed by atoms with van der Waals surface area (Å²) >= 11 is 0. The number of phenolic OH excluding ortho intramolecular Hbond substituents is 1. The molecule has 4 aromatic rings. The summed E-state index contributed by atoms with van der Waals surface area (Å²) < 4.78 is 9.98. The number of carbonyl (C=O) groups excluding carboxylic acids is 1. The summed E-state index contributed by atoms with van der Waals surface area (Å²) in [5.41, 5.74) is 3.61. The second-order valence-electron chi connectivity index (χ2n) is 9.09. The molecule has 0 saturated carbocycles. The van der Waals surface area contributed by atoms with E-state index in [4.69, 9.17) is 14.5 Å². The Kier molecular flexibility index (Phi) is 6.51. The predicted molar refractivity (Wildman–Crippen MR) is 134 cm³/mol. The summed E-state index contributed by atoms with van der Waals surface area (Å²) in [6.45, 7) is 6.47. The van der Waals surface area contributed by atoms with Crippen molar-refractivity contribution < 1.29 is 19.4 Å². The Morgan fingerprint density at radius 2 is 1.31 bits per heavy atom. The van der Waals surface area contributed by atoms with Crippen molar-refractivity contribution in [2.45, 2.75) is 26.2 Å². The van der Waals surface area contributed by atoms with Crippen molar-refractivity contribution in [1.82, 2.24) is 15.0 Å². The monoisotopic (exact) mass is 469 g/mol. The third kappa shape index (κ3) is 5.14. The zero-order valence-electron chi connectivity index (χ0n) is 20.4. The van der Waals surface area contributed by atoms with Gasteiger partial charge in [-0.1, -0.05) is 57.2 Å². The Morgan fingerprint density at radius 1 is 0.771 bits per heavy atom. The van der Waals surface area contributed by atoms with Gasteiger partial charge >= 0.3 is 5.97 Å². The summed E-state index contributed by atoms with van der Waals surface area (Å²) in [7, 11) is 2.87.